The number of amides is 1. The van der Waals surface area contributed by atoms with Gasteiger partial charge in [0.2, 0.25) is 0 Å². The second-order valence-corrected chi connectivity index (χ2v) is 5.49. The lowest BCUT2D eigenvalue weighted by Gasteiger charge is -2.41. The molecule has 1 aliphatic rings. The van der Waals surface area contributed by atoms with Gasteiger partial charge in [0, 0.05) is 10.7 Å². The summed E-state index contributed by atoms with van der Waals surface area (Å²) in [6, 6.07) is 0. The fourth-order valence-corrected chi connectivity index (χ4v) is 3.33. The molecule has 0 unspecified atom stereocenters. The molecule has 0 aromatic carbocycles. The van der Waals surface area contributed by atoms with Crippen molar-refractivity contribution in [2.24, 2.45) is 0 Å². The first kappa shape index (κ1) is 11.1. The van der Waals surface area contributed by atoms with Crippen LogP contribution in [0.2, 0.25) is 0 Å². The zero-order valence-electron chi connectivity index (χ0n) is 8.68. The maximum atomic E-state index is 12.0. The number of rotatable bonds is 3. The number of aryl methyl sites for hydroxylation is 1. The Morgan fingerprint density at radius 3 is 2.73 bits per heavy atom. The summed E-state index contributed by atoms with van der Waals surface area (Å²) >= 11 is 5.06. The fraction of sp³-hybridized carbons (Fsp3) is 0.545. The van der Waals surface area contributed by atoms with E-state index < -0.39 is 0 Å². The average Bonchev–Trinajstić information content (AvgIpc) is 2.58. The van der Waals surface area contributed by atoms with Gasteiger partial charge in [-0.15, -0.1) is 0 Å². The van der Waals surface area contributed by atoms with E-state index in [1.54, 1.807) is 11.3 Å². The number of alkyl halides is 1. The Morgan fingerprint density at radius 1 is 1.60 bits per heavy atom. The summed E-state index contributed by atoms with van der Waals surface area (Å²) in [5.41, 5.74) is 1.92. The second kappa shape index (κ2) is 4.26. The molecule has 1 amide bonds. The molecule has 0 spiro atoms. The first-order chi connectivity index (χ1) is 7.17. The quantitative estimate of drug-likeness (QED) is 0.851. The molecule has 1 aliphatic carbocycles. The Labute approximate surface area is 102 Å². The van der Waals surface area contributed by atoms with Gasteiger partial charge in [0.1, 0.15) is 0 Å². The monoisotopic (exact) mass is 287 g/mol. The standard InChI is InChI=1S/C11H14BrNOS/c1-8-5-15-6-9(8)10(14)13-11(7-12)3-2-4-11/h5-6H,2-4,7H2,1H3,(H,13,14). The molecule has 0 saturated heterocycles. The van der Waals surface area contributed by atoms with Gasteiger partial charge in [0.15, 0.2) is 0 Å². The average molecular weight is 288 g/mol. The van der Waals surface area contributed by atoms with E-state index in [9.17, 15) is 4.79 Å². The van der Waals surface area contributed by atoms with E-state index in [2.05, 4.69) is 21.2 Å². The van der Waals surface area contributed by atoms with Crippen molar-refractivity contribution < 1.29 is 4.79 Å². The number of halogens is 1. The SMILES string of the molecule is Cc1cscc1C(=O)NC1(CBr)CCC1. The van der Waals surface area contributed by atoms with Crippen LogP contribution in [0.3, 0.4) is 0 Å². The molecule has 0 aliphatic heterocycles. The number of hydrogen-bond donors (Lipinski definition) is 1. The molecule has 1 saturated carbocycles. The molecule has 1 aromatic heterocycles. The zero-order chi connectivity index (χ0) is 10.9. The molecular weight excluding hydrogens is 274 g/mol. The number of hydrogen-bond acceptors (Lipinski definition) is 2. The van der Waals surface area contributed by atoms with Crippen LogP contribution >= 0.6 is 27.3 Å². The van der Waals surface area contributed by atoms with Crippen LogP contribution in [0, 0.1) is 6.92 Å². The van der Waals surface area contributed by atoms with Gasteiger partial charge < -0.3 is 5.32 Å². The minimum absolute atomic E-state index is 0.0193. The Morgan fingerprint density at radius 2 is 2.33 bits per heavy atom. The van der Waals surface area contributed by atoms with Crippen molar-refractivity contribution in [3.63, 3.8) is 0 Å². The molecule has 0 radical (unpaired) electrons. The van der Waals surface area contributed by atoms with Crippen LogP contribution in [-0.2, 0) is 0 Å². The summed E-state index contributed by atoms with van der Waals surface area (Å²) in [4.78, 5) is 12.0. The van der Waals surface area contributed by atoms with Crippen LogP contribution in [0.25, 0.3) is 0 Å². The normalized spacial score (nSPS) is 18.3. The molecule has 4 heteroatoms. The summed E-state index contributed by atoms with van der Waals surface area (Å²) in [5.74, 6) is 0.0768. The van der Waals surface area contributed by atoms with Crippen molar-refractivity contribution >= 4 is 33.2 Å². The van der Waals surface area contributed by atoms with Gasteiger partial charge in [-0.3, -0.25) is 4.79 Å². The lowest BCUT2D eigenvalue weighted by molar-refractivity contribution is 0.0856. The highest BCUT2D eigenvalue weighted by atomic mass is 79.9. The number of thiophene rings is 1. The lowest BCUT2D eigenvalue weighted by Crippen LogP contribution is -2.54. The third-order valence-electron chi connectivity index (χ3n) is 3.05. The lowest BCUT2D eigenvalue weighted by atomic mass is 9.78. The van der Waals surface area contributed by atoms with E-state index in [1.165, 1.54) is 6.42 Å². The van der Waals surface area contributed by atoms with E-state index in [-0.39, 0.29) is 11.4 Å². The van der Waals surface area contributed by atoms with Gasteiger partial charge in [0.05, 0.1) is 11.1 Å². The smallest absolute Gasteiger partial charge is 0.252 e. The van der Waals surface area contributed by atoms with Crippen molar-refractivity contribution in [1.82, 2.24) is 5.32 Å². The molecule has 15 heavy (non-hydrogen) atoms. The van der Waals surface area contributed by atoms with Crippen molar-refractivity contribution in [2.45, 2.75) is 31.7 Å². The molecule has 2 rings (SSSR count). The summed E-state index contributed by atoms with van der Waals surface area (Å²) in [5, 5.41) is 7.93. The van der Waals surface area contributed by atoms with Crippen LogP contribution in [0.15, 0.2) is 10.8 Å². The van der Waals surface area contributed by atoms with Crippen LogP contribution < -0.4 is 5.32 Å². The highest BCUT2D eigenvalue weighted by Gasteiger charge is 2.37. The predicted octanol–water partition coefficient (Wildman–Crippen LogP) is 3.10. The van der Waals surface area contributed by atoms with Crippen LogP contribution in [0.4, 0.5) is 0 Å². The number of nitrogens with one attached hydrogen (secondary N) is 1. The molecular formula is C11H14BrNOS. The molecule has 1 heterocycles. The highest BCUT2D eigenvalue weighted by molar-refractivity contribution is 9.09. The van der Waals surface area contributed by atoms with Gasteiger partial charge in [0.25, 0.3) is 5.91 Å². The molecule has 82 valence electrons. The molecule has 0 atom stereocenters. The minimum Gasteiger partial charge on any atom is -0.346 e. The molecule has 1 fully saturated rings. The van der Waals surface area contributed by atoms with Crippen molar-refractivity contribution in [2.75, 3.05) is 5.33 Å². The minimum atomic E-state index is 0.0193. The van der Waals surface area contributed by atoms with E-state index in [1.807, 2.05) is 17.7 Å². The summed E-state index contributed by atoms with van der Waals surface area (Å²) in [7, 11) is 0. The maximum absolute atomic E-state index is 12.0. The largest absolute Gasteiger partial charge is 0.346 e. The van der Waals surface area contributed by atoms with E-state index >= 15 is 0 Å². The molecule has 1 N–H and O–H groups in total. The molecule has 1 aromatic rings. The summed E-state index contributed by atoms with van der Waals surface area (Å²) in [6.45, 7) is 1.98. The van der Waals surface area contributed by atoms with Crippen molar-refractivity contribution in [1.29, 1.82) is 0 Å². The van der Waals surface area contributed by atoms with E-state index in [0.29, 0.717) is 0 Å². The summed E-state index contributed by atoms with van der Waals surface area (Å²) in [6.07, 6.45) is 3.40. The molecule has 2 nitrogen and oxygen atoms in total. The van der Waals surface area contributed by atoms with Gasteiger partial charge in [-0.1, -0.05) is 15.9 Å². The fourth-order valence-electron chi connectivity index (χ4n) is 1.80. The second-order valence-electron chi connectivity index (χ2n) is 4.19. The third kappa shape index (κ3) is 2.11. The van der Waals surface area contributed by atoms with Gasteiger partial charge in [-0.25, -0.2) is 0 Å². The first-order valence-electron chi connectivity index (χ1n) is 5.08. The predicted molar refractivity (Wildman–Crippen MR) is 66.9 cm³/mol. The van der Waals surface area contributed by atoms with Gasteiger partial charge in [-0.05, 0) is 37.1 Å². The Bertz CT molecular complexity index is 365. The third-order valence-corrected chi connectivity index (χ3v) is 4.98. The maximum Gasteiger partial charge on any atom is 0.252 e. The number of carbonyl (C=O) groups is 1. The van der Waals surface area contributed by atoms with Crippen molar-refractivity contribution in [3.05, 3.63) is 21.9 Å². The van der Waals surface area contributed by atoms with Crippen LogP contribution in [-0.4, -0.2) is 16.8 Å². The van der Waals surface area contributed by atoms with Gasteiger partial charge >= 0.3 is 0 Å². The molecule has 0 bridgehead atoms. The number of carbonyl (C=O) groups excluding carboxylic acids is 1. The Kier molecular flexibility index (Phi) is 3.16. The van der Waals surface area contributed by atoms with Crippen LogP contribution in [0.5, 0.6) is 0 Å². The van der Waals surface area contributed by atoms with E-state index in [4.69, 9.17) is 0 Å². The van der Waals surface area contributed by atoms with Crippen molar-refractivity contribution in [3.8, 4) is 0 Å². The summed E-state index contributed by atoms with van der Waals surface area (Å²) < 4.78 is 0. The Balaban J connectivity index is 2.07. The topological polar surface area (TPSA) is 29.1 Å². The Hall–Kier alpha value is -0.350. The van der Waals surface area contributed by atoms with Gasteiger partial charge in [-0.2, -0.15) is 11.3 Å². The van der Waals surface area contributed by atoms with Crippen LogP contribution in [0.1, 0.15) is 35.2 Å². The van der Waals surface area contributed by atoms with E-state index in [0.717, 1.165) is 29.3 Å². The zero-order valence-corrected chi connectivity index (χ0v) is 11.1. The first-order valence-corrected chi connectivity index (χ1v) is 7.15. The highest BCUT2D eigenvalue weighted by Crippen LogP contribution is 2.33.